The molecule has 1 aliphatic carbocycles. The Labute approximate surface area is 80.8 Å². The van der Waals surface area contributed by atoms with Crippen LogP contribution in [0.1, 0.15) is 44.9 Å². The van der Waals surface area contributed by atoms with E-state index >= 15 is 0 Å². The van der Waals surface area contributed by atoms with Gasteiger partial charge in [-0.05, 0) is 25.2 Å². The molecule has 2 fully saturated rings. The normalized spacial score (nSPS) is 36.7. The highest BCUT2D eigenvalue weighted by Gasteiger charge is 2.27. The Kier molecular flexibility index (Phi) is 3.23. The van der Waals surface area contributed by atoms with Crippen LogP contribution in [-0.4, -0.2) is 18.8 Å². The molecule has 76 valence electrons. The van der Waals surface area contributed by atoms with Crippen LogP contribution < -0.4 is 5.73 Å². The summed E-state index contributed by atoms with van der Waals surface area (Å²) in [5.74, 6) is 0.911. The SMILES string of the molecule is NC1CCCOC1CC1CCCC1. The smallest absolute Gasteiger partial charge is 0.0728 e. The van der Waals surface area contributed by atoms with E-state index in [1.807, 2.05) is 0 Å². The number of ether oxygens (including phenoxy) is 1. The first-order chi connectivity index (χ1) is 6.36. The quantitative estimate of drug-likeness (QED) is 0.711. The van der Waals surface area contributed by atoms with E-state index in [4.69, 9.17) is 10.5 Å². The molecule has 2 nitrogen and oxygen atoms in total. The Morgan fingerprint density at radius 1 is 1.08 bits per heavy atom. The van der Waals surface area contributed by atoms with Crippen molar-refractivity contribution >= 4 is 0 Å². The molecular formula is C11H21NO. The minimum absolute atomic E-state index is 0.314. The zero-order valence-corrected chi connectivity index (χ0v) is 8.37. The highest BCUT2D eigenvalue weighted by atomic mass is 16.5. The summed E-state index contributed by atoms with van der Waals surface area (Å²) in [5, 5.41) is 0. The molecule has 0 amide bonds. The molecule has 2 atom stereocenters. The molecule has 0 bridgehead atoms. The monoisotopic (exact) mass is 183 g/mol. The van der Waals surface area contributed by atoms with Gasteiger partial charge in [0.15, 0.2) is 0 Å². The summed E-state index contributed by atoms with van der Waals surface area (Å²) in [6, 6.07) is 0.314. The van der Waals surface area contributed by atoms with Gasteiger partial charge in [-0.15, -0.1) is 0 Å². The second-order valence-corrected chi connectivity index (χ2v) is 4.60. The molecule has 1 aliphatic heterocycles. The van der Waals surface area contributed by atoms with Gasteiger partial charge >= 0.3 is 0 Å². The number of rotatable bonds is 2. The Balaban J connectivity index is 1.78. The highest BCUT2D eigenvalue weighted by Crippen LogP contribution is 2.31. The van der Waals surface area contributed by atoms with E-state index in [1.54, 1.807) is 0 Å². The van der Waals surface area contributed by atoms with Gasteiger partial charge in [0, 0.05) is 12.6 Å². The third-order valence-electron chi connectivity index (χ3n) is 3.53. The lowest BCUT2D eigenvalue weighted by atomic mass is 9.93. The summed E-state index contributed by atoms with van der Waals surface area (Å²) in [5.41, 5.74) is 6.03. The van der Waals surface area contributed by atoms with Crippen molar-refractivity contribution in [1.82, 2.24) is 0 Å². The minimum Gasteiger partial charge on any atom is -0.377 e. The lowest BCUT2D eigenvalue weighted by molar-refractivity contribution is -0.0119. The van der Waals surface area contributed by atoms with Crippen LogP contribution >= 0.6 is 0 Å². The molecule has 2 rings (SSSR count). The Morgan fingerprint density at radius 2 is 1.85 bits per heavy atom. The van der Waals surface area contributed by atoms with E-state index < -0.39 is 0 Å². The predicted octanol–water partition coefficient (Wildman–Crippen LogP) is 2.07. The number of nitrogens with two attached hydrogens (primary N) is 1. The second-order valence-electron chi connectivity index (χ2n) is 4.60. The second kappa shape index (κ2) is 4.43. The number of hydrogen-bond acceptors (Lipinski definition) is 2. The van der Waals surface area contributed by atoms with Gasteiger partial charge in [0.05, 0.1) is 6.10 Å². The van der Waals surface area contributed by atoms with Gasteiger partial charge in [-0.25, -0.2) is 0 Å². The van der Waals surface area contributed by atoms with Crippen molar-refractivity contribution in [2.24, 2.45) is 11.7 Å². The zero-order chi connectivity index (χ0) is 9.10. The summed E-state index contributed by atoms with van der Waals surface area (Å²) in [4.78, 5) is 0. The molecule has 1 heterocycles. The first-order valence-corrected chi connectivity index (χ1v) is 5.73. The fourth-order valence-corrected chi connectivity index (χ4v) is 2.68. The van der Waals surface area contributed by atoms with Crippen molar-refractivity contribution in [3.8, 4) is 0 Å². The predicted molar refractivity (Wildman–Crippen MR) is 53.5 cm³/mol. The first-order valence-electron chi connectivity index (χ1n) is 5.73. The van der Waals surface area contributed by atoms with Gasteiger partial charge in [0.25, 0.3) is 0 Å². The first kappa shape index (κ1) is 9.47. The molecule has 2 heteroatoms. The van der Waals surface area contributed by atoms with Gasteiger partial charge in [-0.1, -0.05) is 25.7 Å². The average Bonchev–Trinajstić information content (AvgIpc) is 2.61. The summed E-state index contributed by atoms with van der Waals surface area (Å²) in [7, 11) is 0. The Hall–Kier alpha value is -0.0800. The third kappa shape index (κ3) is 2.44. The van der Waals surface area contributed by atoms with Crippen molar-refractivity contribution in [1.29, 1.82) is 0 Å². The fraction of sp³-hybridized carbons (Fsp3) is 1.00. The van der Waals surface area contributed by atoms with Crippen LogP contribution in [0.5, 0.6) is 0 Å². The van der Waals surface area contributed by atoms with Gasteiger partial charge in [0.2, 0.25) is 0 Å². The van der Waals surface area contributed by atoms with Crippen molar-refractivity contribution in [2.45, 2.75) is 57.1 Å². The standard InChI is InChI=1S/C11H21NO/c12-10-6-3-7-13-11(10)8-9-4-1-2-5-9/h9-11H,1-8,12H2. The minimum atomic E-state index is 0.314. The van der Waals surface area contributed by atoms with Crippen LogP contribution in [0.4, 0.5) is 0 Å². The zero-order valence-electron chi connectivity index (χ0n) is 8.37. The van der Waals surface area contributed by atoms with Crippen molar-refractivity contribution in [2.75, 3.05) is 6.61 Å². The van der Waals surface area contributed by atoms with E-state index in [1.165, 1.54) is 32.1 Å². The maximum atomic E-state index is 6.03. The topological polar surface area (TPSA) is 35.2 Å². The van der Waals surface area contributed by atoms with Gasteiger partial charge in [-0.2, -0.15) is 0 Å². The van der Waals surface area contributed by atoms with Crippen LogP contribution in [-0.2, 0) is 4.74 Å². The van der Waals surface area contributed by atoms with Crippen molar-refractivity contribution < 1.29 is 4.74 Å². The van der Waals surface area contributed by atoms with E-state index in [0.29, 0.717) is 12.1 Å². The molecule has 0 aromatic rings. The van der Waals surface area contributed by atoms with Crippen LogP contribution in [0.25, 0.3) is 0 Å². The van der Waals surface area contributed by atoms with Crippen LogP contribution in [0, 0.1) is 5.92 Å². The maximum Gasteiger partial charge on any atom is 0.0728 e. The molecule has 13 heavy (non-hydrogen) atoms. The number of hydrogen-bond donors (Lipinski definition) is 1. The molecule has 2 aliphatic rings. The largest absolute Gasteiger partial charge is 0.377 e. The van der Waals surface area contributed by atoms with E-state index in [9.17, 15) is 0 Å². The van der Waals surface area contributed by atoms with E-state index in [-0.39, 0.29) is 0 Å². The molecule has 0 spiro atoms. The molecule has 2 unspecified atom stereocenters. The van der Waals surface area contributed by atoms with Gasteiger partial charge in [-0.3, -0.25) is 0 Å². The molecule has 2 N–H and O–H groups in total. The molecule has 1 saturated heterocycles. The van der Waals surface area contributed by atoms with Crippen molar-refractivity contribution in [3.05, 3.63) is 0 Å². The van der Waals surface area contributed by atoms with Crippen LogP contribution in [0.2, 0.25) is 0 Å². The van der Waals surface area contributed by atoms with E-state index in [0.717, 1.165) is 25.4 Å². The molecule has 0 aromatic heterocycles. The summed E-state index contributed by atoms with van der Waals surface area (Å²) in [6.07, 6.45) is 9.58. The maximum absolute atomic E-state index is 6.03. The molecule has 0 aromatic carbocycles. The lowest BCUT2D eigenvalue weighted by Gasteiger charge is -2.30. The lowest BCUT2D eigenvalue weighted by Crippen LogP contribution is -2.41. The van der Waals surface area contributed by atoms with E-state index in [2.05, 4.69) is 0 Å². The van der Waals surface area contributed by atoms with Crippen LogP contribution in [0.15, 0.2) is 0 Å². The summed E-state index contributed by atoms with van der Waals surface area (Å²) in [6.45, 7) is 0.936. The Morgan fingerprint density at radius 3 is 2.54 bits per heavy atom. The highest BCUT2D eigenvalue weighted by molar-refractivity contribution is 4.81. The van der Waals surface area contributed by atoms with Crippen LogP contribution in [0.3, 0.4) is 0 Å². The molecular weight excluding hydrogens is 162 g/mol. The van der Waals surface area contributed by atoms with Crippen molar-refractivity contribution in [3.63, 3.8) is 0 Å². The fourth-order valence-electron chi connectivity index (χ4n) is 2.68. The Bertz CT molecular complexity index is 154. The summed E-state index contributed by atoms with van der Waals surface area (Å²) >= 11 is 0. The third-order valence-corrected chi connectivity index (χ3v) is 3.53. The average molecular weight is 183 g/mol. The molecule has 0 radical (unpaired) electrons. The van der Waals surface area contributed by atoms with Gasteiger partial charge < -0.3 is 10.5 Å². The van der Waals surface area contributed by atoms with Gasteiger partial charge in [0.1, 0.15) is 0 Å². The molecule has 1 saturated carbocycles. The summed E-state index contributed by atoms with van der Waals surface area (Å²) < 4.78 is 5.73.